The second kappa shape index (κ2) is 4.36. The van der Waals surface area contributed by atoms with Crippen LogP contribution in [0.1, 0.15) is 12.3 Å². The summed E-state index contributed by atoms with van der Waals surface area (Å²) in [6, 6.07) is 3.40. The molecule has 7 heteroatoms. The molecular weight excluding hydrogens is 256 g/mol. The summed E-state index contributed by atoms with van der Waals surface area (Å²) in [5.74, 6) is -1.47. The third kappa shape index (κ3) is 2.11. The number of nitrogens with two attached hydrogens (primary N) is 1. The van der Waals surface area contributed by atoms with Gasteiger partial charge in [-0.1, -0.05) is 5.16 Å². The van der Waals surface area contributed by atoms with Gasteiger partial charge in [-0.15, -0.1) is 0 Å². The molecule has 0 radical (unpaired) electrons. The molecule has 1 saturated heterocycles. The van der Waals surface area contributed by atoms with Crippen LogP contribution in [0.25, 0.3) is 11.4 Å². The highest BCUT2D eigenvalue weighted by Crippen LogP contribution is 2.28. The zero-order chi connectivity index (χ0) is 13.5. The summed E-state index contributed by atoms with van der Waals surface area (Å²) in [5, 5.41) is 3.74. The standard InChI is InChI=1S/C12H11F2N3O2/c13-8-2-1-7(5-9(8)14)10-16-11(19-17-10)12(15)3-4-18-6-12/h1-2,5H,3-4,6,15H2. The van der Waals surface area contributed by atoms with Crippen LogP contribution in [-0.4, -0.2) is 23.4 Å². The largest absolute Gasteiger partial charge is 0.379 e. The number of rotatable bonds is 2. The van der Waals surface area contributed by atoms with E-state index in [9.17, 15) is 8.78 Å². The van der Waals surface area contributed by atoms with E-state index in [0.717, 1.165) is 12.1 Å². The Balaban J connectivity index is 1.94. The molecule has 1 aromatic heterocycles. The van der Waals surface area contributed by atoms with Crippen LogP contribution in [-0.2, 0) is 10.3 Å². The Morgan fingerprint density at radius 3 is 2.79 bits per heavy atom. The number of halogens is 2. The summed E-state index contributed by atoms with van der Waals surface area (Å²) in [6.45, 7) is 0.825. The molecule has 0 bridgehead atoms. The molecule has 0 amide bonds. The Hall–Kier alpha value is -1.86. The maximum atomic E-state index is 13.1. The molecule has 0 saturated carbocycles. The number of benzene rings is 1. The fourth-order valence-corrected chi connectivity index (χ4v) is 1.93. The topological polar surface area (TPSA) is 74.2 Å². The van der Waals surface area contributed by atoms with Gasteiger partial charge in [-0.2, -0.15) is 4.98 Å². The second-order valence-electron chi connectivity index (χ2n) is 4.51. The van der Waals surface area contributed by atoms with Gasteiger partial charge in [0.15, 0.2) is 11.6 Å². The smallest absolute Gasteiger partial charge is 0.249 e. The van der Waals surface area contributed by atoms with E-state index in [-0.39, 0.29) is 11.7 Å². The van der Waals surface area contributed by atoms with Crippen LogP contribution in [0.4, 0.5) is 8.78 Å². The molecule has 1 aromatic carbocycles. The van der Waals surface area contributed by atoms with E-state index < -0.39 is 17.2 Å². The van der Waals surface area contributed by atoms with Gasteiger partial charge in [0.2, 0.25) is 11.7 Å². The molecule has 1 unspecified atom stereocenters. The fraction of sp³-hybridized carbons (Fsp3) is 0.333. The molecule has 2 aromatic rings. The predicted octanol–water partition coefficient (Wildman–Crippen LogP) is 1.59. The van der Waals surface area contributed by atoms with Crippen molar-refractivity contribution in [3.8, 4) is 11.4 Å². The summed E-state index contributed by atoms with van der Waals surface area (Å²) in [7, 11) is 0. The van der Waals surface area contributed by atoms with Gasteiger partial charge in [0.1, 0.15) is 5.54 Å². The van der Waals surface area contributed by atoms with Gasteiger partial charge in [-0.3, -0.25) is 0 Å². The zero-order valence-corrected chi connectivity index (χ0v) is 9.90. The van der Waals surface area contributed by atoms with Gasteiger partial charge >= 0.3 is 0 Å². The van der Waals surface area contributed by atoms with Crippen LogP contribution in [0.3, 0.4) is 0 Å². The van der Waals surface area contributed by atoms with E-state index in [4.69, 9.17) is 15.0 Å². The van der Waals surface area contributed by atoms with Crippen LogP contribution in [0, 0.1) is 11.6 Å². The first kappa shape index (κ1) is 12.2. The Kier molecular flexibility index (Phi) is 2.79. The average molecular weight is 267 g/mol. The third-order valence-electron chi connectivity index (χ3n) is 3.08. The van der Waals surface area contributed by atoms with Crippen molar-refractivity contribution in [1.82, 2.24) is 10.1 Å². The molecule has 5 nitrogen and oxygen atoms in total. The van der Waals surface area contributed by atoms with Crippen LogP contribution in [0.2, 0.25) is 0 Å². The van der Waals surface area contributed by atoms with Crippen molar-refractivity contribution in [3.05, 3.63) is 35.7 Å². The quantitative estimate of drug-likeness (QED) is 0.894. The monoisotopic (exact) mass is 267 g/mol. The molecule has 2 heterocycles. The van der Waals surface area contributed by atoms with Gasteiger partial charge < -0.3 is 15.0 Å². The molecule has 2 N–H and O–H groups in total. The highest BCUT2D eigenvalue weighted by molar-refractivity contribution is 5.54. The van der Waals surface area contributed by atoms with E-state index in [1.54, 1.807) is 0 Å². The van der Waals surface area contributed by atoms with E-state index in [1.807, 2.05) is 0 Å². The average Bonchev–Trinajstić information content (AvgIpc) is 3.02. The zero-order valence-electron chi connectivity index (χ0n) is 9.90. The summed E-state index contributed by atoms with van der Waals surface area (Å²) >= 11 is 0. The van der Waals surface area contributed by atoms with Crippen molar-refractivity contribution >= 4 is 0 Å². The molecule has 1 fully saturated rings. The van der Waals surface area contributed by atoms with Crippen molar-refractivity contribution in [2.24, 2.45) is 5.73 Å². The van der Waals surface area contributed by atoms with Gasteiger partial charge in [0.25, 0.3) is 0 Å². The van der Waals surface area contributed by atoms with Crippen molar-refractivity contribution in [2.45, 2.75) is 12.0 Å². The third-order valence-corrected chi connectivity index (χ3v) is 3.08. The van der Waals surface area contributed by atoms with Gasteiger partial charge in [0.05, 0.1) is 6.61 Å². The summed E-state index contributed by atoms with van der Waals surface area (Å²) < 4.78 is 36.3. The summed E-state index contributed by atoms with van der Waals surface area (Å²) in [4.78, 5) is 4.13. The number of aromatic nitrogens is 2. The van der Waals surface area contributed by atoms with E-state index in [0.29, 0.717) is 25.2 Å². The summed E-state index contributed by atoms with van der Waals surface area (Å²) in [6.07, 6.45) is 0.576. The van der Waals surface area contributed by atoms with Crippen molar-refractivity contribution < 1.29 is 18.0 Å². The minimum absolute atomic E-state index is 0.172. The van der Waals surface area contributed by atoms with Crippen LogP contribution in [0.15, 0.2) is 22.7 Å². The molecule has 1 aliphatic rings. The highest BCUT2D eigenvalue weighted by atomic mass is 19.2. The number of hydrogen-bond donors (Lipinski definition) is 1. The predicted molar refractivity (Wildman–Crippen MR) is 61.0 cm³/mol. The molecule has 1 atom stereocenters. The lowest BCUT2D eigenvalue weighted by Crippen LogP contribution is -2.37. The summed E-state index contributed by atoms with van der Waals surface area (Å²) in [5.41, 5.74) is 5.60. The molecule has 0 spiro atoms. The Morgan fingerprint density at radius 1 is 1.26 bits per heavy atom. The molecular formula is C12H11F2N3O2. The SMILES string of the molecule is NC1(c2nc(-c3ccc(F)c(F)c3)no2)CCOC1. The van der Waals surface area contributed by atoms with E-state index in [2.05, 4.69) is 10.1 Å². The molecule has 0 aliphatic carbocycles. The van der Waals surface area contributed by atoms with Gasteiger partial charge in [-0.05, 0) is 24.6 Å². The molecule has 19 heavy (non-hydrogen) atoms. The minimum atomic E-state index is -0.962. The van der Waals surface area contributed by atoms with Crippen LogP contribution >= 0.6 is 0 Å². The Labute approximate surface area is 107 Å². The maximum Gasteiger partial charge on any atom is 0.249 e. The lowest BCUT2D eigenvalue weighted by Gasteiger charge is -2.14. The van der Waals surface area contributed by atoms with Gasteiger partial charge in [0, 0.05) is 12.2 Å². The number of hydrogen-bond acceptors (Lipinski definition) is 5. The van der Waals surface area contributed by atoms with Crippen LogP contribution < -0.4 is 5.73 Å². The van der Waals surface area contributed by atoms with E-state index >= 15 is 0 Å². The van der Waals surface area contributed by atoms with Crippen molar-refractivity contribution in [1.29, 1.82) is 0 Å². The lowest BCUT2D eigenvalue weighted by molar-refractivity contribution is 0.166. The van der Waals surface area contributed by atoms with Crippen molar-refractivity contribution in [3.63, 3.8) is 0 Å². The first-order valence-corrected chi connectivity index (χ1v) is 5.75. The van der Waals surface area contributed by atoms with Gasteiger partial charge in [-0.25, -0.2) is 8.78 Å². The lowest BCUT2D eigenvalue weighted by atomic mass is 10.0. The Morgan fingerprint density at radius 2 is 2.11 bits per heavy atom. The van der Waals surface area contributed by atoms with E-state index in [1.165, 1.54) is 6.07 Å². The normalized spacial score (nSPS) is 22.9. The second-order valence-corrected chi connectivity index (χ2v) is 4.51. The number of nitrogens with zero attached hydrogens (tertiary/aromatic N) is 2. The first-order valence-electron chi connectivity index (χ1n) is 5.75. The fourth-order valence-electron chi connectivity index (χ4n) is 1.93. The Bertz CT molecular complexity index is 609. The molecule has 3 rings (SSSR count). The highest BCUT2D eigenvalue weighted by Gasteiger charge is 2.38. The first-order chi connectivity index (χ1) is 9.08. The minimum Gasteiger partial charge on any atom is -0.379 e. The maximum absolute atomic E-state index is 13.1. The molecule has 100 valence electrons. The van der Waals surface area contributed by atoms with Crippen molar-refractivity contribution in [2.75, 3.05) is 13.2 Å². The number of ether oxygens (including phenoxy) is 1. The molecule has 1 aliphatic heterocycles. The van der Waals surface area contributed by atoms with Crippen LogP contribution in [0.5, 0.6) is 0 Å².